The second kappa shape index (κ2) is 10.4. The van der Waals surface area contributed by atoms with Gasteiger partial charge in [-0.05, 0) is 12.8 Å². The van der Waals surface area contributed by atoms with Crippen molar-refractivity contribution in [2.75, 3.05) is 26.9 Å². The van der Waals surface area contributed by atoms with Gasteiger partial charge >= 0.3 is 0 Å². The Labute approximate surface area is 106 Å². The SMILES string of the molecule is C1CCOC1.COC(C(O)CO)C(O)C(O)C=O. The van der Waals surface area contributed by atoms with Gasteiger partial charge in [-0.3, -0.25) is 0 Å². The summed E-state index contributed by atoms with van der Waals surface area (Å²) in [5, 5.41) is 35.7. The van der Waals surface area contributed by atoms with Gasteiger partial charge in [0.2, 0.25) is 0 Å². The molecular weight excluding hydrogens is 244 g/mol. The van der Waals surface area contributed by atoms with Gasteiger partial charge in [-0.25, -0.2) is 0 Å². The summed E-state index contributed by atoms with van der Waals surface area (Å²) in [5.74, 6) is 0. The predicted molar refractivity (Wildman–Crippen MR) is 62.0 cm³/mol. The third-order valence-corrected chi connectivity index (χ3v) is 2.49. The molecule has 0 spiro atoms. The monoisotopic (exact) mass is 266 g/mol. The summed E-state index contributed by atoms with van der Waals surface area (Å²) in [6, 6.07) is 0. The molecule has 1 aliphatic heterocycles. The van der Waals surface area contributed by atoms with E-state index in [0.717, 1.165) is 13.2 Å². The van der Waals surface area contributed by atoms with Crippen LogP contribution < -0.4 is 0 Å². The first-order valence-electron chi connectivity index (χ1n) is 5.79. The van der Waals surface area contributed by atoms with Gasteiger partial charge in [0.25, 0.3) is 0 Å². The molecule has 1 aliphatic rings. The largest absolute Gasteiger partial charge is 0.394 e. The zero-order valence-corrected chi connectivity index (χ0v) is 10.4. The molecule has 0 aliphatic carbocycles. The van der Waals surface area contributed by atoms with Gasteiger partial charge in [0, 0.05) is 20.3 Å². The Kier molecular flexibility index (Phi) is 10.0. The Bertz CT molecular complexity index is 200. The minimum Gasteiger partial charge on any atom is -0.394 e. The Hall–Kier alpha value is -0.570. The summed E-state index contributed by atoms with van der Waals surface area (Å²) in [4.78, 5) is 10.1. The highest BCUT2D eigenvalue weighted by atomic mass is 16.5. The van der Waals surface area contributed by atoms with Gasteiger partial charge in [-0.1, -0.05) is 0 Å². The summed E-state index contributed by atoms with van der Waals surface area (Å²) >= 11 is 0. The van der Waals surface area contributed by atoms with Crippen LogP contribution in [0.4, 0.5) is 0 Å². The van der Waals surface area contributed by atoms with E-state index in [-0.39, 0.29) is 6.29 Å². The summed E-state index contributed by atoms with van der Waals surface area (Å²) in [6.45, 7) is 1.38. The molecule has 0 bridgehead atoms. The quantitative estimate of drug-likeness (QED) is 0.414. The van der Waals surface area contributed by atoms with E-state index >= 15 is 0 Å². The van der Waals surface area contributed by atoms with E-state index in [1.807, 2.05) is 0 Å². The number of rotatable bonds is 6. The van der Waals surface area contributed by atoms with Crippen molar-refractivity contribution in [2.45, 2.75) is 37.3 Å². The molecule has 0 radical (unpaired) electrons. The smallest absolute Gasteiger partial charge is 0.151 e. The molecule has 0 aromatic carbocycles. The topological polar surface area (TPSA) is 116 Å². The van der Waals surface area contributed by atoms with E-state index in [1.165, 1.54) is 20.0 Å². The first kappa shape index (κ1) is 17.4. The number of aldehydes is 1. The molecule has 0 amide bonds. The van der Waals surface area contributed by atoms with Crippen molar-refractivity contribution in [3.63, 3.8) is 0 Å². The van der Waals surface area contributed by atoms with Gasteiger partial charge in [-0.15, -0.1) is 0 Å². The number of aliphatic hydroxyl groups is 4. The maximum atomic E-state index is 10.1. The molecule has 0 aromatic rings. The number of aliphatic hydroxyl groups excluding tert-OH is 4. The highest BCUT2D eigenvalue weighted by molar-refractivity contribution is 5.56. The Balaban J connectivity index is 0.000000473. The van der Waals surface area contributed by atoms with Crippen molar-refractivity contribution in [1.29, 1.82) is 0 Å². The third-order valence-electron chi connectivity index (χ3n) is 2.49. The minimum absolute atomic E-state index is 0.126. The van der Waals surface area contributed by atoms with E-state index in [4.69, 9.17) is 20.1 Å². The van der Waals surface area contributed by atoms with Crippen molar-refractivity contribution in [2.24, 2.45) is 0 Å². The van der Waals surface area contributed by atoms with E-state index < -0.39 is 31.0 Å². The molecule has 1 saturated heterocycles. The molecule has 4 atom stereocenters. The maximum absolute atomic E-state index is 10.1. The first-order chi connectivity index (χ1) is 8.58. The van der Waals surface area contributed by atoms with E-state index in [9.17, 15) is 9.90 Å². The predicted octanol–water partition coefficient (Wildman–Crippen LogP) is -1.93. The summed E-state index contributed by atoms with van der Waals surface area (Å²) in [5.41, 5.74) is 0. The zero-order valence-electron chi connectivity index (χ0n) is 10.4. The molecule has 1 rings (SSSR count). The number of hydrogen-bond donors (Lipinski definition) is 4. The highest BCUT2D eigenvalue weighted by Crippen LogP contribution is 2.07. The van der Waals surface area contributed by atoms with Crippen LogP contribution in [-0.2, 0) is 14.3 Å². The van der Waals surface area contributed by atoms with Crippen LogP contribution in [0.1, 0.15) is 12.8 Å². The average molecular weight is 266 g/mol. The van der Waals surface area contributed by atoms with Crippen molar-refractivity contribution < 1.29 is 34.7 Å². The fourth-order valence-corrected chi connectivity index (χ4v) is 1.41. The molecule has 0 aromatic heterocycles. The van der Waals surface area contributed by atoms with Gasteiger partial charge in [0.1, 0.15) is 24.4 Å². The fraction of sp³-hybridized carbons (Fsp3) is 0.909. The summed E-state index contributed by atoms with van der Waals surface area (Å²) in [7, 11) is 1.18. The Morgan fingerprint density at radius 3 is 2.11 bits per heavy atom. The van der Waals surface area contributed by atoms with Crippen molar-refractivity contribution in [1.82, 2.24) is 0 Å². The van der Waals surface area contributed by atoms with Crippen LogP contribution >= 0.6 is 0 Å². The molecule has 7 nitrogen and oxygen atoms in total. The van der Waals surface area contributed by atoms with Crippen molar-refractivity contribution in [3.05, 3.63) is 0 Å². The van der Waals surface area contributed by atoms with E-state index in [0.29, 0.717) is 0 Å². The van der Waals surface area contributed by atoms with E-state index in [2.05, 4.69) is 4.74 Å². The Morgan fingerprint density at radius 2 is 1.83 bits per heavy atom. The molecule has 1 fully saturated rings. The molecule has 1 heterocycles. The van der Waals surface area contributed by atoms with Crippen LogP contribution in [0.2, 0.25) is 0 Å². The second-order valence-corrected chi connectivity index (χ2v) is 3.89. The number of ether oxygens (including phenoxy) is 2. The van der Waals surface area contributed by atoms with Gasteiger partial charge in [-0.2, -0.15) is 0 Å². The van der Waals surface area contributed by atoms with Crippen LogP contribution in [0.25, 0.3) is 0 Å². The lowest BCUT2D eigenvalue weighted by Crippen LogP contribution is -2.47. The lowest BCUT2D eigenvalue weighted by Gasteiger charge is -2.26. The van der Waals surface area contributed by atoms with Gasteiger partial charge in [0.15, 0.2) is 6.29 Å². The standard InChI is InChI=1S/C7H14O6.C4H8O/c1-13-7(5(11)3-9)6(12)4(10)2-8;1-2-4-5-3-1/h2,4-7,9-12H,3H2,1H3;1-4H2. The summed E-state index contributed by atoms with van der Waals surface area (Å²) in [6.07, 6.45) is -3.03. The van der Waals surface area contributed by atoms with Crippen molar-refractivity contribution in [3.8, 4) is 0 Å². The lowest BCUT2D eigenvalue weighted by atomic mass is 10.0. The number of carbonyl (C=O) groups is 1. The maximum Gasteiger partial charge on any atom is 0.151 e. The molecule has 7 heteroatoms. The normalized spacial score (nSPS) is 21.4. The molecule has 108 valence electrons. The Morgan fingerprint density at radius 1 is 1.28 bits per heavy atom. The molecule has 4 N–H and O–H groups in total. The molecule has 18 heavy (non-hydrogen) atoms. The zero-order chi connectivity index (χ0) is 14.0. The number of hydrogen-bond acceptors (Lipinski definition) is 7. The van der Waals surface area contributed by atoms with Gasteiger partial charge in [0.05, 0.1) is 6.61 Å². The second-order valence-electron chi connectivity index (χ2n) is 3.89. The molecule has 0 saturated carbocycles. The summed E-state index contributed by atoms with van der Waals surface area (Å²) < 4.78 is 9.55. The fourth-order valence-electron chi connectivity index (χ4n) is 1.41. The third kappa shape index (κ3) is 6.39. The number of methoxy groups -OCH3 is 1. The van der Waals surface area contributed by atoms with Crippen LogP contribution in [0.15, 0.2) is 0 Å². The van der Waals surface area contributed by atoms with Crippen LogP contribution in [0.3, 0.4) is 0 Å². The minimum atomic E-state index is -1.63. The average Bonchev–Trinajstić information content (AvgIpc) is 2.97. The van der Waals surface area contributed by atoms with Crippen LogP contribution in [0, 0.1) is 0 Å². The van der Waals surface area contributed by atoms with Gasteiger partial charge < -0.3 is 34.7 Å². The highest BCUT2D eigenvalue weighted by Gasteiger charge is 2.31. The first-order valence-corrected chi connectivity index (χ1v) is 5.79. The van der Waals surface area contributed by atoms with E-state index in [1.54, 1.807) is 0 Å². The van der Waals surface area contributed by atoms with Crippen LogP contribution in [0.5, 0.6) is 0 Å². The van der Waals surface area contributed by atoms with Crippen LogP contribution in [-0.4, -0.2) is 78.1 Å². The van der Waals surface area contributed by atoms with Crippen molar-refractivity contribution >= 4 is 6.29 Å². The molecular formula is C11H22O7. The molecule has 4 unspecified atom stereocenters. The lowest BCUT2D eigenvalue weighted by molar-refractivity contribution is -0.142. The number of carbonyl (C=O) groups excluding carboxylic acids is 1.